The van der Waals surface area contributed by atoms with Crippen molar-refractivity contribution in [2.24, 2.45) is 0 Å². The Hall–Kier alpha value is -3.80. The fraction of sp³-hybridized carbons (Fsp3) is 0.259. The van der Waals surface area contributed by atoms with Crippen molar-refractivity contribution in [1.29, 1.82) is 0 Å². The quantitative estimate of drug-likeness (QED) is 0.391. The number of rotatable bonds is 7. The molecule has 0 amide bonds. The molecule has 0 fully saturated rings. The van der Waals surface area contributed by atoms with E-state index in [0.29, 0.717) is 30.9 Å². The van der Waals surface area contributed by atoms with Crippen LogP contribution in [0.3, 0.4) is 0 Å². The fourth-order valence-electron chi connectivity index (χ4n) is 4.61. The molecule has 0 radical (unpaired) electrons. The first-order valence-corrected chi connectivity index (χ1v) is 11.2. The SMILES string of the molecule is Cc1cc(C(Cc2ccccc2)Oc2ccc3c(c2)OCCC3CC(=O)O)cc2cn[nH]c12. The lowest BCUT2D eigenvalue weighted by Crippen LogP contribution is -2.17. The number of nitrogens with one attached hydrogen (secondary N) is 1. The molecule has 0 saturated heterocycles. The molecule has 3 aromatic carbocycles. The van der Waals surface area contributed by atoms with E-state index in [1.807, 2.05) is 42.6 Å². The van der Waals surface area contributed by atoms with Crippen LogP contribution in [0.5, 0.6) is 11.5 Å². The van der Waals surface area contributed by atoms with Gasteiger partial charge in [0.1, 0.15) is 17.6 Å². The van der Waals surface area contributed by atoms with E-state index >= 15 is 0 Å². The topological polar surface area (TPSA) is 84.4 Å². The average Bonchev–Trinajstić information content (AvgIpc) is 3.28. The van der Waals surface area contributed by atoms with Crippen LogP contribution in [-0.2, 0) is 11.2 Å². The number of hydrogen-bond donors (Lipinski definition) is 2. The van der Waals surface area contributed by atoms with Gasteiger partial charge in [-0.3, -0.25) is 9.89 Å². The van der Waals surface area contributed by atoms with Crippen molar-refractivity contribution in [3.8, 4) is 11.5 Å². The van der Waals surface area contributed by atoms with Crippen molar-refractivity contribution < 1.29 is 19.4 Å². The minimum atomic E-state index is -0.791. The summed E-state index contributed by atoms with van der Waals surface area (Å²) in [7, 11) is 0. The number of aromatic nitrogens is 2. The molecular weight excluding hydrogens is 416 g/mol. The summed E-state index contributed by atoms with van der Waals surface area (Å²) in [6.07, 6.45) is 3.16. The number of fused-ring (bicyclic) bond motifs is 2. The number of benzene rings is 3. The molecule has 0 aliphatic carbocycles. The Morgan fingerprint density at radius 1 is 1.21 bits per heavy atom. The van der Waals surface area contributed by atoms with Crippen LogP contribution in [-0.4, -0.2) is 27.9 Å². The van der Waals surface area contributed by atoms with Gasteiger partial charge < -0.3 is 14.6 Å². The van der Waals surface area contributed by atoms with E-state index in [1.54, 1.807) is 0 Å². The average molecular weight is 443 g/mol. The Morgan fingerprint density at radius 2 is 2.06 bits per heavy atom. The van der Waals surface area contributed by atoms with Crippen molar-refractivity contribution in [1.82, 2.24) is 10.2 Å². The van der Waals surface area contributed by atoms with Gasteiger partial charge in [-0.1, -0.05) is 42.5 Å². The molecule has 2 N–H and O–H groups in total. The molecule has 0 spiro atoms. The number of aromatic amines is 1. The molecule has 2 unspecified atom stereocenters. The van der Waals surface area contributed by atoms with Crippen LogP contribution >= 0.6 is 0 Å². The minimum absolute atomic E-state index is 0.0356. The first kappa shape index (κ1) is 21.1. The van der Waals surface area contributed by atoms with Gasteiger partial charge in [0.25, 0.3) is 0 Å². The Labute approximate surface area is 192 Å². The third-order valence-electron chi connectivity index (χ3n) is 6.25. The predicted molar refractivity (Wildman–Crippen MR) is 126 cm³/mol. The zero-order valence-corrected chi connectivity index (χ0v) is 18.5. The van der Waals surface area contributed by atoms with E-state index in [4.69, 9.17) is 9.47 Å². The standard InChI is InChI=1S/C27H26N2O4/c1-17-11-20(13-21-16-28-29-27(17)21)24(12-18-5-3-2-4-6-18)33-22-7-8-23-19(14-26(30)31)9-10-32-25(23)15-22/h2-8,11,13,15-16,19,24H,9-10,12,14H2,1H3,(H,28,29)(H,30,31). The lowest BCUT2D eigenvalue weighted by Gasteiger charge is -2.26. The van der Waals surface area contributed by atoms with Crippen LogP contribution in [0, 0.1) is 6.92 Å². The molecule has 5 rings (SSSR count). The molecule has 0 saturated carbocycles. The molecule has 33 heavy (non-hydrogen) atoms. The molecule has 2 atom stereocenters. The molecule has 1 aliphatic heterocycles. The van der Waals surface area contributed by atoms with Gasteiger partial charge in [-0.15, -0.1) is 0 Å². The van der Waals surface area contributed by atoms with Crippen molar-refractivity contribution in [2.75, 3.05) is 6.61 Å². The second-order valence-corrected chi connectivity index (χ2v) is 8.60. The molecule has 0 bridgehead atoms. The number of aliphatic carboxylic acids is 1. The van der Waals surface area contributed by atoms with Gasteiger partial charge in [0.15, 0.2) is 0 Å². The van der Waals surface area contributed by atoms with Crippen LogP contribution in [0.2, 0.25) is 0 Å². The van der Waals surface area contributed by atoms with Crippen LogP contribution in [0.1, 0.15) is 47.1 Å². The van der Waals surface area contributed by atoms with Gasteiger partial charge in [0, 0.05) is 23.8 Å². The van der Waals surface area contributed by atoms with Gasteiger partial charge in [-0.25, -0.2) is 0 Å². The summed E-state index contributed by atoms with van der Waals surface area (Å²) >= 11 is 0. The zero-order valence-electron chi connectivity index (χ0n) is 18.5. The normalized spacial score (nSPS) is 16.1. The monoisotopic (exact) mass is 442 g/mol. The van der Waals surface area contributed by atoms with Crippen LogP contribution in [0.15, 0.2) is 66.9 Å². The number of aryl methyl sites for hydroxylation is 1. The maximum atomic E-state index is 11.2. The Morgan fingerprint density at radius 3 is 2.88 bits per heavy atom. The summed E-state index contributed by atoms with van der Waals surface area (Å²) in [5, 5.41) is 17.5. The Balaban J connectivity index is 1.47. The first-order chi connectivity index (χ1) is 16.1. The summed E-state index contributed by atoms with van der Waals surface area (Å²) in [6.45, 7) is 2.58. The highest BCUT2D eigenvalue weighted by Gasteiger charge is 2.25. The number of hydrogen-bond acceptors (Lipinski definition) is 4. The maximum absolute atomic E-state index is 11.2. The highest BCUT2D eigenvalue weighted by molar-refractivity contribution is 5.82. The molecule has 168 valence electrons. The van der Waals surface area contributed by atoms with E-state index in [0.717, 1.165) is 27.6 Å². The van der Waals surface area contributed by atoms with Crippen LogP contribution < -0.4 is 9.47 Å². The van der Waals surface area contributed by atoms with E-state index < -0.39 is 5.97 Å². The van der Waals surface area contributed by atoms with E-state index in [9.17, 15) is 9.90 Å². The predicted octanol–water partition coefficient (Wildman–Crippen LogP) is 5.57. The molecular formula is C27H26N2O4. The van der Waals surface area contributed by atoms with E-state index in [1.165, 1.54) is 5.56 Å². The summed E-state index contributed by atoms with van der Waals surface area (Å²) in [5.41, 5.74) is 5.35. The fourth-order valence-corrected chi connectivity index (χ4v) is 4.61. The lowest BCUT2D eigenvalue weighted by atomic mass is 9.90. The summed E-state index contributed by atoms with van der Waals surface area (Å²) in [4.78, 5) is 11.2. The van der Waals surface area contributed by atoms with Gasteiger partial charge in [0.2, 0.25) is 0 Å². The summed E-state index contributed by atoms with van der Waals surface area (Å²) in [6, 6.07) is 20.3. The molecule has 4 aromatic rings. The van der Waals surface area contributed by atoms with E-state index in [2.05, 4.69) is 41.4 Å². The molecule has 6 nitrogen and oxygen atoms in total. The molecule has 2 heterocycles. The minimum Gasteiger partial charge on any atom is -0.493 e. The Kier molecular flexibility index (Phi) is 5.73. The van der Waals surface area contributed by atoms with Crippen LogP contribution in [0.25, 0.3) is 10.9 Å². The first-order valence-electron chi connectivity index (χ1n) is 11.2. The number of carboxylic acid groups (broad SMARTS) is 1. The molecule has 6 heteroatoms. The van der Waals surface area contributed by atoms with Crippen LogP contribution in [0.4, 0.5) is 0 Å². The van der Waals surface area contributed by atoms with Gasteiger partial charge in [0.05, 0.1) is 24.7 Å². The van der Waals surface area contributed by atoms with E-state index in [-0.39, 0.29) is 18.4 Å². The second kappa shape index (κ2) is 8.98. The lowest BCUT2D eigenvalue weighted by molar-refractivity contribution is -0.137. The third-order valence-corrected chi connectivity index (χ3v) is 6.25. The third kappa shape index (κ3) is 4.55. The largest absolute Gasteiger partial charge is 0.493 e. The number of nitrogens with zero attached hydrogens (tertiary/aromatic N) is 1. The van der Waals surface area contributed by atoms with Crippen molar-refractivity contribution in [3.05, 3.63) is 89.1 Å². The molecule has 1 aliphatic rings. The number of H-pyrrole nitrogens is 1. The number of ether oxygens (including phenoxy) is 2. The second-order valence-electron chi connectivity index (χ2n) is 8.60. The van der Waals surface area contributed by atoms with Crippen molar-refractivity contribution >= 4 is 16.9 Å². The number of carboxylic acids is 1. The smallest absolute Gasteiger partial charge is 0.303 e. The zero-order chi connectivity index (χ0) is 22.8. The molecule has 1 aromatic heterocycles. The Bertz CT molecular complexity index is 1280. The summed E-state index contributed by atoms with van der Waals surface area (Å²) in [5.74, 6) is 0.591. The maximum Gasteiger partial charge on any atom is 0.303 e. The summed E-state index contributed by atoms with van der Waals surface area (Å²) < 4.78 is 12.4. The highest BCUT2D eigenvalue weighted by atomic mass is 16.5. The van der Waals surface area contributed by atoms with Crippen molar-refractivity contribution in [3.63, 3.8) is 0 Å². The van der Waals surface area contributed by atoms with Crippen molar-refractivity contribution in [2.45, 2.75) is 38.2 Å². The van der Waals surface area contributed by atoms with Gasteiger partial charge >= 0.3 is 5.97 Å². The number of carbonyl (C=O) groups is 1. The highest BCUT2D eigenvalue weighted by Crippen LogP contribution is 2.39. The van der Waals surface area contributed by atoms with Gasteiger partial charge in [-0.2, -0.15) is 5.10 Å². The van der Waals surface area contributed by atoms with Gasteiger partial charge in [-0.05, 0) is 47.7 Å².